The zero-order valence-corrected chi connectivity index (χ0v) is 19.1. The Morgan fingerprint density at radius 1 is 1.18 bits per heavy atom. The molecule has 10 heteroatoms. The Labute approximate surface area is 196 Å². The normalized spacial score (nSPS) is 16.0. The molecule has 168 valence electrons. The number of carbonyl (C=O) groups excluding carboxylic acids is 1. The van der Waals surface area contributed by atoms with Gasteiger partial charge >= 0.3 is 0 Å². The lowest BCUT2D eigenvalue weighted by atomic mass is 9.97. The van der Waals surface area contributed by atoms with Crippen molar-refractivity contribution in [2.75, 3.05) is 11.4 Å². The molecule has 1 saturated heterocycles. The Morgan fingerprint density at radius 2 is 1.91 bits per heavy atom. The van der Waals surface area contributed by atoms with Gasteiger partial charge in [0.25, 0.3) is 0 Å². The van der Waals surface area contributed by atoms with Crippen LogP contribution in [-0.4, -0.2) is 25.9 Å². The van der Waals surface area contributed by atoms with E-state index in [-0.39, 0.29) is 34.7 Å². The van der Waals surface area contributed by atoms with Crippen LogP contribution in [0.1, 0.15) is 23.6 Å². The maximum atomic E-state index is 12.8. The van der Waals surface area contributed by atoms with Crippen molar-refractivity contribution < 1.29 is 17.9 Å². The number of primary sulfonamides is 1. The van der Waals surface area contributed by atoms with Gasteiger partial charge < -0.3 is 9.64 Å². The third-order valence-corrected chi connectivity index (χ3v) is 6.49. The minimum atomic E-state index is -3.82. The first-order valence-electron chi connectivity index (χ1n) is 9.91. The average Bonchev–Trinajstić information content (AvgIpc) is 3.15. The number of sulfonamides is 1. The number of rotatable bonds is 5. The Bertz CT molecular complexity index is 1380. The summed E-state index contributed by atoms with van der Waals surface area (Å²) in [5.74, 6) is 0.284. The van der Waals surface area contributed by atoms with Gasteiger partial charge in [-0.05, 0) is 49.4 Å². The van der Waals surface area contributed by atoms with Gasteiger partial charge in [-0.2, -0.15) is 0 Å². The second-order valence-electron chi connectivity index (χ2n) is 7.62. The van der Waals surface area contributed by atoms with Gasteiger partial charge in [0.15, 0.2) is 0 Å². The fourth-order valence-electron chi connectivity index (χ4n) is 3.70. The molecule has 33 heavy (non-hydrogen) atoms. The van der Waals surface area contributed by atoms with Gasteiger partial charge in [-0.25, -0.2) is 23.4 Å². The third kappa shape index (κ3) is 4.83. The van der Waals surface area contributed by atoms with Crippen LogP contribution in [0.3, 0.4) is 0 Å². The molecule has 1 atom stereocenters. The van der Waals surface area contributed by atoms with Crippen LogP contribution in [0.25, 0.3) is 4.85 Å². The highest BCUT2D eigenvalue weighted by Gasteiger charge is 2.33. The molecule has 1 aromatic heterocycles. The lowest BCUT2D eigenvalue weighted by molar-refractivity contribution is -0.117. The number of pyridine rings is 1. The number of aromatic nitrogens is 1. The lowest BCUT2D eigenvalue weighted by Crippen LogP contribution is -2.24. The molecular formula is C23H19ClN4O4S. The van der Waals surface area contributed by atoms with Gasteiger partial charge in [-0.1, -0.05) is 23.7 Å². The van der Waals surface area contributed by atoms with Crippen molar-refractivity contribution in [3.05, 3.63) is 82.3 Å². The molecule has 1 fully saturated rings. The van der Waals surface area contributed by atoms with Crippen molar-refractivity contribution in [2.45, 2.75) is 24.2 Å². The Kier molecular flexibility index (Phi) is 6.08. The number of halogens is 1. The number of hydrogen-bond donors (Lipinski definition) is 1. The number of benzene rings is 2. The molecular weight excluding hydrogens is 464 g/mol. The van der Waals surface area contributed by atoms with E-state index in [1.165, 1.54) is 12.1 Å². The van der Waals surface area contributed by atoms with E-state index < -0.39 is 10.0 Å². The van der Waals surface area contributed by atoms with Crippen LogP contribution in [0.15, 0.2) is 59.5 Å². The molecule has 4 rings (SSSR count). The standard InChI is InChI=1S/C23H19ClN4O4S/c1-14-3-10-20(26-2)23(27-14)32-21-12-16(24)4-9-19(21)15-11-22(29)28(13-15)17-5-7-18(8-6-17)33(25,30)31/h3-10,12,15H,11,13H2,1H3,(H2,25,30,31)/t15-/m0/s1. The van der Waals surface area contributed by atoms with Crippen LogP contribution < -0.4 is 14.8 Å². The summed E-state index contributed by atoms with van der Waals surface area (Å²) in [6.07, 6.45) is 0.228. The Morgan fingerprint density at radius 3 is 2.58 bits per heavy atom. The Balaban J connectivity index is 1.64. The van der Waals surface area contributed by atoms with Gasteiger partial charge in [-0.3, -0.25) is 4.79 Å². The predicted octanol–water partition coefficient (Wildman–Crippen LogP) is 4.55. The van der Waals surface area contributed by atoms with Crippen LogP contribution in [0.2, 0.25) is 5.02 Å². The minimum absolute atomic E-state index is 0.0240. The fourth-order valence-corrected chi connectivity index (χ4v) is 4.38. The number of nitrogens with zero attached hydrogens (tertiary/aromatic N) is 3. The molecule has 1 aliphatic rings. The highest BCUT2D eigenvalue weighted by atomic mass is 35.5. The van der Waals surface area contributed by atoms with E-state index in [0.717, 1.165) is 5.56 Å². The van der Waals surface area contributed by atoms with Gasteiger partial charge in [0.05, 0.1) is 11.5 Å². The molecule has 2 N–H and O–H groups in total. The van der Waals surface area contributed by atoms with Crippen molar-refractivity contribution in [1.82, 2.24) is 4.98 Å². The second-order valence-corrected chi connectivity index (χ2v) is 9.62. The highest BCUT2D eigenvalue weighted by Crippen LogP contribution is 2.40. The third-order valence-electron chi connectivity index (χ3n) is 5.32. The van der Waals surface area contributed by atoms with E-state index in [1.54, 1.807) is 54.3 Å². The largest absolute Gasteiger partial charge is 0.449 e. The summed E-state index contributed by atoms with van der Waals surface area (Å²) in [5, 5.41) is 5.60. The quantitative estimate of drug-likeness (QED) is 0.536. The van der Waals surface area contributed by atoms with E-state index >= 15 is 0 Å². The van der Waals surface area contributed by atoms with E-state index in [2.05, 4.69) is 9.83 Å². The molecule has 2 heterocycles. The molecule has 1 amide bonds. The molecule has 8 nitrogen and oxygen atoms in total. The van der Waals surface area contributed by atoms with Crippen LogP contribution in [-0.2, 0) is 14.8 Å². The molecule has 0 radical (unpaired) electrons. The van der Waals surface area contributed by atoms with E-state index in [1.807, 2.05) is 0 Å². The van der Waals surface area contributed by atoms with Crippen molar-refractivity contribution in [3.8, 4) is 11.6 Å². The zero-order valence-electron chi connectivity index (χ0n) is 17.5. The fraction of sp³-hybridized carbons (Fsp3) is 0.174. The number of hydrogen-bond acceptors (Lipinski definition) is 5. The Hall–Kier alpha value is -3.45. The molecule has 2 aromatic carbocycles. The zero-order chi connectivity index (χ0) is 23.8. The van der Waals surface area contributed by atoms with Gasteiger partial charge in [-0.15, -0.1) is 0 Å². The maximum Gasteiger partial charge on any atom is 0.247 e. The van der Waals surface area contributed by atoms with Crippen LogP contribution in [0.5, 0.6) is 11.6 Å². The monoisotopic (exact) mass is 482 g/mol. The minimum Gasteiger partial charge on any atom is -0.449 e. The van der Waals surface area contributed by atoms with Crippen molar-refractivity contribution in [1.29, 1.82) is 0 Å². The second kappa shape index (κ2) is 8.83. The van der Waals surface area contributed by atoms with Crippen molar-refractivity contribution in [3.63, 3.8) is 0 Å². The van der Waals surface area contributed by atoms with Crippen molar-refractivity contribution in [2.24, 2.45) is 5.14 Å². The first-order chi connectivity index (χ1) is 15.7. The molecule has 0 saturated carbocycles. The van der Waals surface area contributed by atoms with Gasteiger partial charge in [0, 0.05) is 40.9 Å². The number of amides is 1. The summed E-state index contributed by atoms with van der Waals surface area (Å²) >= 11 is 6.20. The summed E-state index contributed by atoms with van der Waals surface area (Å²) in [6.45, 7) is 9.53. The molecule has 0 spiro atoms. The van der Waals surface area contributed by atoms with Gasteiger partial charge in [0.1, 0.15) is 5.75 Å². The average molecular weight is 483 g/mol. The number of aryl methyl sites for hydroxylation is 1. The summed E-state index contributed by atoms with van der Waals surface area (Å²) in [6, 6.07) is 14.4. The number of carbonyl (C=O) groups is 1. The summed E-state index contributed by atoms with van der Waals surface area (Å²) in [5.41, 5.74) is 2.30. The lowest BCUT2D eigenvalue weighted by Gasteiger charge is -2.19. The maximum absolute atomic E-state index is 12.8. The number of ether oxygens (including phenoxy) is 1. The summed E-state index contributed by atoms with van der Waals surface area (Å²) in [4.78, 5) is 22.1. The van der Waals surface area contributed by atoms with E-state index in [4.69, 9.17) is 28.0 Å². The van der Waals surface area contributed by atoms with E-state index in [0.29, 0.717) is 28.7 Å². The highest BCUT2D eigenvalue weighted by molar-refractivity contribution is 7.89. The van der Waals surface area contributed by atoms with E-state index in [9.17, 15) is 13.2 Å². The van der Waals surface area contributed by atoms with Gasteiger partial charge in [0.2, 0.25) is 27.5 Å². The molecule has 3 aromatic rings. The molecule has 0 bridgehead atoms. The molecule has 0 unspecified atom stereocenters. The van der Waals surface area contributed by atoms with Crippen molar-refractivity contribution >= 4 is 38.9 Å². The van der Waals surface area contributed by atoms with Crippen LogP contribution in [0.4, 0.5) is 11.4 Å². The first-order valence-corrected chi connectivity index (χ1v) is 11.8. The first kappa shape index (κ1) is 22.7. The predicted molar refractivity (Wildman–Crippen MR) is 124 cm³/mol. The number of nitrogens with two attached hydrogens (primary N) is 1. The smallest absolute Gasteiger partial charge is 0.247 e. The molecule has 0 aliphatic carbocycles. The topological polar surface area (TPSA) is 107 Å². The summed E-state index contributed by atoms with van der Waals surface area (Å²) < 4.78 is 29.0. The molecule has 1 aliphatic heterocycles. The SMILES string of the molecule is [C-]#[N+]c1ccc(C)nc1Oc1cc(Cl)ccc1[C@H]1CC(=O)N(c2ccc(S(N)(=O)=O)cc2)C1. The summed E-state index contributed by atoms with van der Waals surface area (Å²) in [7, 11) is -3.82. The number of anilines is 1. The van der Waals surface area contributed by atoms with Crippen LogP contribution >= 0.6 is 11.6 Å². The van der Waals surface area contributed by atoms with Crippen LogP contribution in [0, 0.1) is 13.5 Å².